The molecule has 0 amide bonds. The van der Waals surface area contributed by atoms with Crippen molar-refractivity contribution in [3.63, 3.8) is 0 Å². The maximum absolute atomic E-state index is 10.2. The second-order valence-electron chi connectivity index (χ2n) is 13.9. The number of fused-ring (bicyclic) bond motifs is 7. The van der Waals surface area contributed by atoms with Gasteiger partial charge in [0.1, 0.15) is 0 Å². The molecule has 7 aromatic rings. The predicted molar refractivity (Wildman–Crippen MR) is 213 cm³/mol. The average molecular weight is 671 g/mol. The van der Waals surface area contributed by atoms with Gasteiger partial charge in [0.15, 0.2) is 0 Å². The molecular weight excluding hydrogens is 603 g/mol. The van der Waals surface area contributed by atoms with E-state index in [1.807, 2.05) is 0 Å². The summed E-state index contributed by atoms with van der Waals surface area (Å²) in [5.41, 5.74) is -9.48. The zero-order valence-corrected chi connectivity index (χ0v) is 27.9. The monoisotopic (exact) mass is 670 g/mol. The van der Waals surface area contributed by atoms with Crippen molar-refractivity contribution >= 4 is 27.8 Å². The van der Waals surface area contributed by atoms with Gasteiger partial charge in [-0.2, -0.15) is 0 Å². The van der Waals surface area contributed by atoms with Gasteiger partial charge in [-0.25, -0.2) is 0 Å². The fraction of sp³-hybridized carbons (Fsp3) is 0.184. The first kappa shape index (κ1) is 14.1. The van der Waals surface area contributed by atoms with Crippen molar-refractivity contribution < 1.29 is 34.3 Å². The Morgan fingerprint density at radius 1 is 0.380 bits per heavy atom. The Morgan fingerprint density at radius 2 is 0.860 bits per heavy atom. The molecule has 1 heteroatoms. The van der Waals surface area contributed by atoms with Crippen LogP contribution in [0.4, 0.5) is 17.1 Å². The van der Waals surface area contributed by atoms with Crippen LogP contribution >= 0.6 is 0 Å². The van der Waals surface area contributed by atoms with Crippen molar-refractivity contribution in [1.82, 2.24) is 0 Å². The van der Waals surface area contributed by atoms with Gasteiger partial charge in [-0.05, 0) is 126 Å². The summed E-state index contributed by atoms with van der Waals surface area (Å²) in [6.45, 7) is 9.60. The molecule has 0 N–H and O–H groups in total. The highest BCUT2D eigenvalue weighted by Crippen LogP contribution is 2.56. The van der Waals surface area contributed by atoms with Crippen LogP contribution in [0, 0.1) is 0 Å². The molecule has 9 rings (SSSR count). The van der Waals surface area contributed by atoms with Crippen molar-refractivity contribution in [2.75, 3.05) is 4.90 Å². The topological polar surface area (TPSA) is 3.24 Å². The van der Waals surface area contributed by atoms with E-state index in [2.05, 4.69) is 0 Å². The van der Waals surface area contributed by atoms with E-state index in [1.165, 1.54) is 13.8 Å². The van der Waals surface area contributed by atoms with E-state index in [1.54, 1.807) is 27.7 Å². The van der Waals surface area contributed by atoms with E-state index in [-0.39, 0.29) is 55.3 Å². The molecule has 0 saturated carbocycles. The Labute approximate surface area is 332 Å². The molecule has 1 nitrogen and oxygen atoms in total. The largest absolute Gasteiger partial charge is 0.310 e. The number of benzene rings is 7. The molecular formula is C49H43N. The number of rotatable bonds is 4. The van der Waals surface area contributed by atoms with Gasteiger partial charge < -0.3 is 4.90 Å². The van der Waals surface area contributed by atoms with Crippen molar-refractivity contribution in [3.8, 4) is 33.4 Å². The van der Waals surface area contributed by atoms with Crippen LogP contribution in [0.25, 0.3) is 44.2 Å². The number of nitrogens with zero attached hydrogens (tertiary/aromatic N) is 1. The van der Waals surface area contributed by atoms with Gasteiger partial charge in [-0.1, -0.05) is 144 Å². The summed E-state index contributed by atoms with van der Waals surface area (Å²) in [7, 11) is 0. The molecule has 2 aliphatic carbocycles. The molecule has 50 heavy (non-hydrogen) atoms. The molecule has 0 atom stereocenters. The third kappa shape index (κ3) is 4.39. The van der Waals surface area contributed by atoms with E-state index in [4.69, 9.17) is 17.8 Å². The van der Waals surface area contributed by atoms with Gasteiger partial charge >= 0.3 is 0 Å². The minimum absolute atomic E-state index is 0.0610. The first-order valence-electron chi connectivity index (χ1n) is 28.4. The summed E-state index contributed by atoms with van der Waals surface area (Å²) in [5.74, 6) is 0. The van der Waals surface area contributed by atoms with Crippen LogP contribution in [0.3, 0.4) is 0 Å². The van der Waals surface area contributed by atoms with Crippen LogP contribution in [-0.2, 0) is 16.2 Å². The lowest BCUT2D eigenvalue weighted by Gasteiger charge is -2.48. The summed E-state index contributed by atoms with van der Waals surface area (Å²) in [4.78, 5) is 0.693. The molecule has 0 fully saturated rings. The lowest BCUT2D eigenvalue weighted by Crippen LogP contribution is -2.43. The highest BCUT2D eigenvalue weighted by molar-refractivity contribution is 5.95. The second kappa shape index (κ2) is 10.8. The molecule has 244 valence electrons. The van der Waals surface area contributed by atoms with Gasteiger partial charge in [-0.15, -0.1) is 0 Å². The fourth-order valence-corrected chi connectivity index (χ4v) is 6.83. The van der Waals surface area contributed by atoms with Crippen LogP contribution < -0.4 is 4.90 Å². The van der Waals surface area contributed by atoms with Gasteiger partial charge in [0.2, 0.25) is 0 Å². The van der Waals surface area contributed by atoms with Crippen molar-refractivity contribution in [2.24, 2.45) is 0 Å². The summed E-state index contributed by atoms with van der Waals surface area (Å²) in [5, 5.41) is -0.697. The zero-order chi connectivity index (χ0) is 56.2. The van der Waals surface area contributed by atoms with E-state index in [9.17, 15) is 16.4 Å². The van der Waals surface area contributed by atoms with E-state index in [0.29, 0.717) is 4.90 Å². The predicted octanol–water partition coefficient (Wildman–Crippen LogP) is 13.5. The van der Waals surface area contributed by atoms with E-state index >= 15 is 0 Å². The summed E-state index contributed by atoms with van der Waals surface area (Å²) in [6.07, 6.45) is 0. The molecule has 0 saturated heterocycles. The average Bonchev–Trinajstić information content (AvgIpc) is 3.60. The first-order valence-corrected chi connectivity index (χ1v) is 15.9. The molecule has 0 aromatic heterocycles. The Kier molecular flexibility index (Phi) is 3.04. The Bertz CT molecular complexity index is 3820. The summed E-state index contributed by atoms with van der Waals surface area (Å²) < 4.78 is 229. The number of hydrogen-bond donors (Lipinski definition) is 0. The van der Waals surface area contributed by atoms with E-state index in [0.717, 1.165) is 0 Å². The van der Waals surface area contributed by atoms with Gasteiger partial charge in [0.05, 0.1) is 34.3 Å². The Balaban J connectivity index is 1.50. The number of anilines is 3. The number of hydrogen-bond acceptors (Lipinski definition) is 1. The zero-order valence-electron chi connectivity index (χ0n) is 52.9. The lowest BCUT2D eigenvalue weighted by molar-refractivity contribution is 0.299. The van der Waals surface area contributed by atoms with Gasteiger partial charge in [0, 0.05) is 22.5 Å². The minimum atomic E-state index is -1.66. The highest BCUT2D eigenvalue weighted by atomic mass is 15.1. The Hall–Kier alpha value is -5.40. The smallest absolute Gasteiger partial charge is 0.0648 e. The molecule has 0 spiro atoms. The van der Waals surface area contributed by atoms with Gasteiger partial charge in [-0.3, -0.25) is 0 Å². The molecule has 7 aromatic carbocycles. The third-order valence-corrected chi connectivity index (χ3v) is 10.3. The van der Waals surface area contributed by atoms with Crippen LogP contribution in [0.2, 0.25) is 0 Å². The molecule has 0 unspecified atom stereocenters. The van der Waals surface area contributed by atoms with Crippen LogP contribution in [0.1, 0.15) is 98.1 Å². The van der Waals surface area contributed by atoms with Gasteiger partial charge in [0.25, 0.3) is 0 Å². The highest BCUT2D eigenvalue weighted by Gasteiger charge is 2.46. The van der Waals surface area contributed by atoms with Crippen molar-refractivity contribution in [1.29, 1.82) is 0 Å². The molecule has 2 aliphatic rings. The standard InChI is InChI=1S/C49H43N/c1-47(2)44-29-35-17-11-10-16-34(35)28-42(44)41-27-25-37(30-45(41)47)50(36-22-20-33(21-23-36)32-14-8-7-9-15-32)38-24-26-40-39-18-12-13-19-43(39)48(3,4)49(5,6)46(40)31-38/h7-31H,1-6H3/i7D,8D,9D,10D,11D,12D,13D,14D,15D,16D,17D,18D,19D,20D,21D,22D,23D,24D,25D,26D,27D,28D,29D,30D,31D. The minimum Gasteiger partial charge on any atom is -0.310 e. The molecule has 0 heterocycles. The Morgan fingerprint density at radius 3 is 1.56 bits per heavy atom. The van der Waals surface area contributed by atoms with E-state index < -0.39 is 195 Å². The molecule has 0 aliphatic heterocycles. The normalized spacial score (nSPS) is 22.9. The fourth-order valence-electron chi connectivity index (χ4n) is 6.83. The first-order chi connectivity index (χ1) is 34.5. The SMILES string of the molecule is [2H]c1c([2H])c([2H])c(-c2c([2H])c([2H])c(N(c3c([2H])c([2H])c4c(c3[2H])C(C)(C)c3c-4c([2H])c4c([2H])c([2H])c([2H])c([2H])c4c3[2H])c3c([2H])c([2H])c4c(c3[2H])C(C)(C)C(C)(C)c3c([2H])c([2H])c([2H])c([2H])c3-4)c([2H])c2[2H])c([2H])c1[2H]. The summed E-state index contributed by atoms with van der Waals surface area (Å²) in [6, 6.07) is -19.3. The van der Waals surface area contributed by atoms with Crippen molar-refractivity contribution in [3.05, 3.63) is 173 Å². The van der Waals surface area contributed by atoms with Crippen LogP contribution in [-0.4, -0.2) is 0 Å². The molecule has 0 radical (unpaired) electrons. The second-order valence-corrected chi connectivity index (χ2v) is 13.9. The summed E-state index contributed by atoms with van der Waals surface area (Å²) >= 11 is 0. The quantitative estimate of drug-likeness (QED) is 0.180. The van der Waals surface area contributed by atoms with Crippen LogP contribution in [0.15, 0.2) is 151 Å². The lowest BCUT2D eigenvalue weighted by atomic mass is 9.55. The van der Waals surface area contributed by atoms with Crippen LogP contribution in [0.5, 0.6) is 0 Å². The molecule has 0 bridgehead atoms. The maximum Gasteiger partial charge on any atom is 0.0648 e. The van der Waals surface area contributed by atoms with Crippen molar-refractivity contribution in [2.45, 2.75) is 57.8 Å². The third-order valence-electron chi connectivity index (χ3n) is 10.3. The maximum atomic E-state index is 10.2.